The predicted octanol–water partition coefficient (Wildman–Crippen LogP) is 2.15. The molecule has 0 saturated heterocycles. The van der Waals surface area contributed by atoms with Crippen molar-refractivity contribution in [2.45, 2.75) is 52.0 Å². The summed E-state index contributed by atoms with van der Waals surface area (Å²) < 4.78 is 0. The Balaban J connectivity index is 2.03. The largest absolute Gasteiger partial charge is 0.548 e. The molecule has 6 heteroatoms. The van der Waals surface area contributed by atoms with Crippen LogP contribution in [-0.2, 0) is 17.6 Å². The molecule has 0 amide bonds. The van der Waals surface area contributed by atoms with Crippen LogP contribution in [-0.4, -0.2) is 22.0 Å². The molecule has 22 heavy (non-hydrogen) atoms. The Labute approximate surface area is 133 Å². The van der Waals surface area contributed by atoms with Crippen LogP contribution in [0.1, 0.15) is 43.6 Å². The lowest BCUT2D eigenvalue weighted by Gasteiger charge is -2.26. The molecule has 0 fully saturated rings. The number of carboxylic acids is 1. The molecule has 0 spiro atoms. The van der Waals surface area contributed by atoms with Crippen LogP contribution in [0.5, 0.6) is 0 Å². The zero-order valence-electron chi connectivity index (χ0n) is 12.9. The number of fused-ring (bicyclic) bond motifs is 3. The number of nitrogens with one attached hydrogen (secondary N) is 1. The second kappa shape index (κ2) is 6.20. The molecule has 1 aliphatic carbocycles. The van der Waals surface area contributed by atoms with Crippen LogP contribution in [0, 0.1) is 5.92 Å². The number of carboxylic acid groups (broad SMARTS) is 1. The molecule has 5 nitrogen and oxygen atoms in total. The normalized spacial score (nSPS) is 17.0. The highest BCUT2D eigenvalue weighted by Gasteiger charge is 2.23. The van der Waals surface area contributed by atoms with Gasteiger partial charge < -0.3 is 15.2 Å². The summed E-state index contributed by atoms with van der Waals surface area (Å²) in [7, 11) is 0. The van der Waals surface area contributed by atoms with E-state index in [-0.39, 0.29) is 5.92 Å². The van der Waals surface area contributed by atoms with Gasteiger partial charge in [0.15, 0.2) is 0 Å². The van der Waals surface area contributed by atoms with Crippen molar-refractivity contribution in [2.75, 3.05) is 5.32 Å². The third kappa shape index (κ3) is 2.67. The second-order valence-electron chi connectivity index (χ2n) is 5.94. The third-order valence-corrected chi connectivity index (χ3v) is 5.71. The van der Waals surface area contributed by atoms with Crippen LogP contribution in [0.4, 0.5) is 5.82 Å². The SMILES string of the molecule is CC[C@@H](C)[C@@H](Nc1ncnc2sc3c(c12)CCCC3)C(=O)[O-]. The van der Waals surface area contributed by atoms with Crippen molar-refractivity contribution in [3.05, 3.63) is 16.8 Å². The first kappa shape index (κ1) is 15.2. The van der Waals surface area contributed by atoms with Crippen LogP contribution >= 0.6 is 11.3 Å². The summed E-state index contributed by atoms with van der Waals surface area (Å²) in [5, 5.41) is 15.6. The van der Waals surface area contributed by atoms with Crippen LogP contribution in [0.3, 0.4) is 0 Å². The van der Waals surface area contributed by atoms with Crippen LogP contribution < -0.4 is 10.4 Å². The first-order valence-electron chi connectivity index (χ1n) is 7.84. The van der Waals surface area contributed by atoms with Crippen molar-refractivity contribution >= 4 is 33.3 Å². The topological polar surface area (TPSA) is 77.9 Å². The lowest BCUT2D eigenvalue weighted by Crippen LogP contribution is -2.45. The number of anilines is 1. The van der Waals surface area contributed by atoms with Gasteiger partial charge in [-0.25, -0.2) is 9.97 Å². The zero-order valence-corrected chi connectivity index (χ0v) is 13.7. The van der Waals surface area contributed by atoms with Gasteiger partial charge in [-0.1, -0.05) is 20.3 Å². The summed E-state index contributed by atoms with van der Waals surface area (Å²) >= 11 is 1.71. The van der Waals surface area contributed by atoms with Crippen molar-refractivity contribution in [3.8, 4) is 0 Å². The van der Waals surface area contributed by atoms with E-state index in [0.717, 1.165) is 29.5 Å². The molecule has 2 aromatic heterocycles. The van der Waals surface area contributed by atoms with Gasteiger partial charge in [-0.3, -0.25) is 0 Å². The average molecular weight is 318 g/mol. The van der Waals surface area contributed by atoms with E-state index in [4.69, 9.17) is 0 Å². The van der Waals surface area contributed by atoms with E-state index in [9.17, 15) is 9.90 Å². The van der Waals surface area contributed by atoms with Crippen molar-refractivity contribution in [3.63, 3.8) is 0 Å². The van der Waals surface area contributed by atoms with E-state index in [1.807, 2.05) is 13.8 Å². The fraction of sp³-hybridized carbons (Fsp3) is 0.562. The maximum Gasteiger partial charge on any atom is 0.138 e. The third-order valence-electron chi connectivity index (χ3n) is 4.51. The summed E-state index contributed by atoms with van der Waals surface area (Å²) in [6.45, 7) is 3.89. The smallest absolute Gasteiger partial charge is 0.138 e. The quantitative estimate of drug-likeness (QED) is 0.914. The van der Waals surface area contributed by atoms with Crippen molar-refractivity contribution in [2.24, 2.45) is 5.92 Å². The molecule has 2 atom stereocenters. The minimum absolute atomic E-state index is 0.0236. The Morgan fingerprint density at radius 2 is 2.18 bits per heavy atom. The van der Waals surface area contributed by atoms with Crippen molar-refractivity contribution in [1.82, 2.24) is 9.97 Å². The Kier molecular flexibility index (Phi) is 4.29. The number of carbonyl (C=O) groups excluding carboxylic acids is 1. The van der Waals surface area contributed by atoms with Gasteiger partial charge in [0.1, 0.15) is 17.0 Å². The predicted molar refractivity (Wildman–Crippen MR) is 85.9 cm³/mol. The van der Waals surface area contributed by atoms with E-state index in [1.54, 1.807) is 11.3 Å². The van der Waals surface area contributed by atoms with E-state index in [1.165, 1.54) is 29.6 Å². The molecule has 3 rings (SSSR count). The number of aromatic nitrogens is 2. The lowest BCUT2D eigenvalue weighted by atomic mass is 9.96. The number of hydrogen-bond acceptors (Lipinski definition) is 6. The Bertz CT molecular complexity index is 698. The first-order valence-corrected chi connectivity index (χ1v) is 8.66. The highest BCUT2D eigenvalue weighted by molar-refractivity contribution is 7.19. The molecule has 118 valence electrons. The van der Waals surface area contributed by atoms with E-state index in [0.29, 0.717) is 5.82 Å². The maximum atomic E-state index is 11.5. The number of aliphatic carboxylic acids is 1. The molecular weight excluding hydrogens is 298 g/mol. The number of thiophene rings is 1. The molecular formula is C16H20N3O2S-. The molecule has 0 bridgehead atoms. The van der Waals surface area contributed by atoms with E-state index < -0.39 is 12.0 Å². The standard InChI is InChI=1S/C16H21N3O2S/c1-3-9(2)13(16(20)21)19-14-12-10-6-4-5-7-11(10)22-15(12)18-8-17-14/h8-9,13H,3-7H2,1-2H3,(H,20,21)(H,17,18,19)/p-1/t9-,13-/m1/s1. The fourth-order valence-electron chi connectivity index (χ4n) is 3.02. The number of hydrogen-bond donors (Lipinski definition) is 1. The van der Waals surface area contributed by atoms with Gasteiger partial charge in [0.25, 0.3) is 0 Å². The number of aryl methyl sites for hydroxylation is 2. The van der Waals surface area contributed by atoms with Gasteiger partial charge in [0.05, 0.1) is 17.4 Å². The Morgan fingerprint density at radius 1 is 1.41 bits per heavy atom. The Morgan fingerprint density at radius 3 is 2.91 bits per heavy atom. The average Bonchev–Trinajstić information content (AvgIpc) is 2.90. The van der Waals surface area contributed by atoms with E-state index >= 15 is 0 Å². The monoisotopic (exact) mass is 318 g/mol. The first-order chi connectivity index (χ1) is 10.6. The minimum Gasteiger partial charge on any atom is -0.548 e. The molecule has 0 radical (unpaired) electrons. The summed E-state index contributed by atoms with van der Waals surface area (Å²) in [6.07, 6.45) is 6.77. The Hall–Kier alpha value is -1.69. The van der Waals surface area contributed by atoms with Crippen LogP contribution in [0.2, 0.25) is 0 Å². The molecule has 2 heterocycles. The maximum absolute atomic E-state index is 11.5. The highest BCUT2D eigenvalue weighted by Crippen LogP contribution is 2.38. The van der Waals surface area contributed by atoms with Gasteiger partial charge in [-0.05, 0) is 37.2 Å². The van der Waals surface area contributed by atoms with Crippen molar-refractivity contribution in [1.29, 1.82) is 0 Å². The molecule has 0 unspecified atom stereocenters. The highest BCUT2D eigenvalue weighted by atomic mass is 32.1. The molecule has 2 aromatic rings. The number of carbonyl (C=O) groups is 1. The number of nitrogens with zero attached hydrogens (tertiary/aromatic N) is 2. The second-order valence-corrected chi connectivity index (χ2v) is 7.02. The molecule has 1 N–H and O–H groups in total. The van der Waals surface area contributed by atoms with Gasteiger partial charge in [-0.15, -0.1) is 11.3 Å². The molecule has 0 aromatic carbocycles. The molecule has 0 saturated carbocycles. The summed E-state index contributed by atoms with van der Waals surface area (Å²) in [5.74, 6) is -0.464. The van der Waals surface area contributed by atoms with Gasteiger partial charge in [-0.2, -0.15) is 0 Å². The summed E-state index contributed by atoms with van der Waals surface area (Å²) in [6, 6.07) is -0.734. The molecule has 1 aliphatic rings. The van der Waals surface area contributed by atoms with Gasteiger partial charge >= 0.3 is 0 Å². The van der Waals surface area contributed by atoms with E-state index in [2.05, 4.69) is 15.3 Å². The lowest BCUT2D eigenvalue weighted by molar-refractivity contribution is -0.307. The van der Waals surface area contributed by atoms with Crippen LogP contribution in [0.15, 0.2) is 6.33 Å². The van der Waals surface area contributed by atoms with Crippen LogP contribution in [0.25, 0.3) is 10.2 Å². The minimum atomic E-state index is -1.08. The van der Waals surface area contributed by atoms with Gasteiger partial charge in [0, 0.05) is 4.88 Å². The summed E-state index contributed by atoms with van der Waals surface area (Å²) in [4.78, 5) is 22.5. The molecule has 0 aliphatic heterocycles. The van der Waals surface area contributed by atoms with Crippen molar-refractivity contribution < 1.29 is 9.90 Å². The fourth-order valence-corrected chi connectivity index (χ4v) is 4.25. The zero-order chi connectivity index (χ0) is 15.7. The number of rotatable bonds is 5. The summed E-state index contributed by atoms with van der Waals surface area (Å²) in [5.41, 5.74) is 1.30. The van der Waals surface area contributed by atoms with Gasteiger partial charge in [0.2, 0.25) is 0 Å².